The Balaban J connectivity index is 0.000000101. The number of hydrogen-bond acceptors (Lipinski definition) is 11. The third kappa shape index (κ3) is 17.8. The van der Waals surface area contributed by atoms with Crippen LogP contribution >= 0.6 is 11.8 Å². The molecule has 0 unspecified atom stereocenters. The SMILES string of the molecule is CN1c2ccccc2C(C)(C)c2cc(-c3ccccc3)ccc21.CN1c2ccccc2C(C)(C)c2ccccc21.CN1c2ccccc2C(c2ccccc2)(c2ccccc2)c2ccccc21.CN1c2ccccc2N(c2ccc(-c3ccccc3)cc2)c2ccccc21.CN1c2ccccc2N(c2ccccc2)c2ccccc21.CN1c2ccccc2Oc2ccccc21.CN1c2ccccc2Sc2ccccc21. The zero-order valence-electron chi connectivity index (χ0n) is 83.8. The molecule has 0 fully saturated rings. The third-order valence-electron chi connectivity index (χ3n) is 29.2. The molecule has 0 N–H and O–H groups in total. The highest BCUT2D eigenvalue weighted by molar-refractivity contribution is 7.99. The Morgan fingerprint density at radius 2 is 0.400 bits per heavy atom. The van der Waals surface area contributed by atoms with Gasteiger partial charge in [-0.15, -0.1) is 0 Å². The van der Waals surface area contributed by atoms with Gasteiger partial charge in [-0.1, -0.05) is 385 Å². The van der Waals surface area contributed by atoms with Crippen molar-refractivity contribution in [2.24, 2.45) is 0 Å². The number of hydrogen-bond donors (Lipinski definition) is 0. The van der Waals surface area contributed by atoms with E-state index in [1.165, 1.54) is 179 Å². The normalized spacial score (nSPS) is 13.8. The minimum absolute atomic E-state index is 0.00320. The predicted molar refractivity (Wildman–Crippen MR) is 614 cm³/mol. The summed E-state index contributed by atoms with van der Waals surface area (Å²) < 4.78 is 5.81. The molecular weight excluding hydrogens is 1780 g/mol. The van der Waals surface area contributed by atoms with Crippen LogP contribution < -0.4 is 48.8 Å². The number of nitrogens with zero attached hydrogens (tertiary/aromatic N) is 9. The van der Waals surface area contributed by atoms with E-state index in [9.17, 15) is 0 Å². The van der Waals surface area contributed by atoms with Gasteiger partial charge in [0.2, 0.25) is 0 Å². The van der Waals surface area contributed by atoms with Crippen molar-refractivity contribution in [3.05, 3.63) is 554 Å². The van der Waals surface area contributed by atoms with Gasteiger partial charge in [-0.05, 0) is 231 Å². The number of anilines is 20. The van der Waals surface area contributed by atoms with Gasteiger partial charge in [-0.25, -0.2) is 0 Å². The molecule has 11 heteroatoms. The molecule has 0 saturated carbocycles. The summed E-state index contributed by atoms with van der Waals surface area (Å²) in [6.45, 7) is 9.26. The fraction of sp³-hybridized carbons (Fsp3) is 0.104. The van der Waals surface area contributed by atoms with E-state index >= 15 is 0 Å². The molecule has 7 heterocycles. The van der Waals surface area contributed by atoms with Crippen LogP contribution in [0.15, 0.2) is 519 Å². The maximum atomic E-state index is 5.81. The van der Waals surface area contributed by atoms with Crippen LogP contribution in [-0.2, 0) is 16.2 Å². The molecular formula is C134H117N9OS. The van der Waals surface area contributed by atoms with Gasteiger partial charge in [0.1, 0.15) is 0 Å². The van der Waals surface area contributed by atoms with E-state index in [2.05, 4.69) is 594 Å². The third-order valence-corrected chi connectivity index (χ3v) is 30.4. The van der Waals surface area contributed by atoms with E-state index in [1.54, 1.807) is 0 Å². The van der Waals surface area contributed by atoms with Crippen LogP contribution in [0.2, 0.25) is 0 Å². The molecule has 7 aliphatic heterocycles. The van der Waals surface area contributed by atoms with Crippen LogP contribution in [0.1, 0.15) is 72.2 Å². The van der Waals surface area contributed by atoms with Crippen molar-refractivity contribution in [3.8, 4) is 33.8 Å². The first-order chi connectivity index (χ1) is 70.9. The van der Waals surface area contributed by atoms with E-state index in [0.29, 0.717) is 0 Å². The van der Waals surface area contributed by atoms with Crippen molar-refractivity contribution in [3.63, 3.8) is 0 Å². The van der Waals surface area contributed by atoms with Crippen LogP contribution in [0.25, 0.3) is 22.3 Å². The first kappa shape index (κ1) is 94.0. The van der Waals surface area contributed by atoms with Crippen molar-refractivity contribution in [1.29, 1.82) is 0 Å². The molecule has 0 aliphatic carbocycles. The Labute approximate surface area is 859 Å². The lowest BCUT2D eigenvalue weighted by molar-refractivity contribution is 0.475. The zero-order chi connectivity index (χ0) is 99.3. The minimum atomic E-state index is -0.331. The molecule has 0 saturated heterocycles. The lowest BCUT2D eigenvalue weighted by atomic mass is 9.62. The van der Waals surface area contributed by atoms with E-state index in [-0.39, 0.29) is 16.2 Å². The van der Waals surface area contributed by atoms with Crippen LogP contribution in [0, 0.1) is 0 Å². The maximum absolute atomic E-state index is 5.81. The molecule has 7 aliphatic rings. The van der Waals surface area contributed by atoms with Gasteiger partial charge < -0.3 is 48.8 Å². The van der Waals surface area contributed by atoms with Gasteiger partial charge in [0.25, 0.3) is 0 Å². The molecule has 27 rings (SSSR count). The lowest BCUT2D eigenvalue weighted by Crippen LogP contribution is -2.37. The van der Waals surface area contributed by atoms with Gasteiger partial charge in [-0.3, -0.25) is 0 Å². The van der Waals surface area contributed by atoms with Crippen molar-refractivity contribution in [1.82, 2.24) is 0 Å². The summed E-state index contributed by atoms with van der Waals surface area (Å²) in [5, 5.41) is 0. The molecule has 0 spiro atoms. The highest BCUT2D eigenvalue weighted by Crippen LogP contribution is 2.59. The Morgan fingerprint density at radius 3 is 0.772 bits per heavy atom. The second kappa shape index (κ2) is 40.8. The second-order valence-electron chi connectivity index (χ2n) is 38.3. The highest BCUT2D eigenvalue weighted by Gasteiger charge is 2.46. The Hall–Kier alpha value is -17.3. The van der Waals surface area contributed by atoms with Gasteiger partial charge in [0.05, 0.1) is 73.7 Å². The second-order valence-corrected chi connectivity index (χ2v) is 39.4. The molecule has 10 nitrogen and oxygen atoms in total. The smallest absolute Gasteiger partial charge is 0.151 e. The monoisotopic (exact) mass is 1900 g/mol. The number of ether oxygens (including phenoxy) is 1. The topological polar surface area (TPSA) is 38.4 Å². The van der Waals surface area contributed by atoms with Crippen molar-refractivity contribution >= 4 is 126 Å². The summed E-state index contributed by atoms with van der Waals surface area (Å²) in [6.07, 6.45) is 0. The molecule has 20 aromatic rings. The molecule has 0 bridgehead atoms. The molecule has 0 aromatic heterocycles. The van der Waals surface area contributed by atoms with Crippen LogP contribution in [0.4, 0.5) is 114 Å². The summed E-state index contributed by atoms with van der Waals surface area (Å²) in [4.78, 5) is 23.2. The first-order valence-corrected chi connectivity index (χ1v) is 50.6. The number of rotatable bonds is 6. The van der Waals surface area contributed by atoms with E-state index in [4.69, 9.17) is 4.74 Å². The summed E-state index contributed by atoms with van der Waals surface area (Å²) in [6, 6.07) is 180. The van der Waals surface area contributed by atoms with Crippen molar-refractivity contribution < 1.29 is 4.74 Å². The summed E-state index contributed by atoms with van der Waals surface area (Å²) >= 11 is 1.84. The fourth-order valence-corrected chi connectivity index (χ4v) is 22.9. The maximum Gasteiger partial charge on any atom is 0.151 e. The van der Waals surface area contributed by atoms with Crippen molar-refractivity contribution in [2.45, 2.75) is 53.7 Å². The van der Waals surface area contributed by atoms with Crippen LogP contribution in [0.5, 0.6) is 11.5 Å². The van der Waals surface area contributed by atoms with Crippen LogP contribution in [0.3, 0.4) is 0 Å². The Kier molecular flexibility index (Phi) is 26.4. The van der Waals surface area contributed by atoms with Crippen LogP contribution in [-0.4, -0.2) is 49.3 Å². The summed E-state index contributed by atoms with van der Waals surface area (Å²) in [7, 11) is 14.9. The average molecular weight is 1900 g/mol. The Bertz CT molecular complexity index is 7580. The predicted octanol–water partition coefficient (Wildman–Crippen LogP) is 35.6. The molecule has 0 radical (unpaired) electrons. The van der Waals surface area contributed by atoms with Gasteiger partial charge in [-0.2, -0.15) is 0 Å². The highest BCUT2D eigenvalue weighted by atomic mass is 32.2. The lowest BCUT2D eigenvalue weighted by Gasteiger charge is -2.45. The van der Waals surface area contributed by atoms with Gasteiger partial charge in [0.15, 0.2) is 11.5 Å². The summed E-state index contributed by atoms with van der Waals surface area (Å²) in [5.74, 6) is 1.83. The molecule has 710 valence electrons. The van der Waals surface area contributed by atoms with E-state index < -0.39 is 0 Å². The average Bonchev–Trinajstić information content (AvgIpc) is 0.698. The van der Waals surface area contributed by atoms with Crippen molar-refractivity contribution in [2.75, 3.05) is 93.4 Å². The minimum Gasteiger partial charge on any atom is -0.453 e. The number of para-hydroxylation sites is 20. The standard InChI is InChI=1S/C26H21N.C25H20N2.C22H21N.C19H16N2.C16H17N.C13H11NO.C13H11NS/c1-27-24-18-10-8-16-22(24)26(20-12-4-2-5-13-20,21-14-6-3-7-15-21)23-17-9-11-19-25(23)27;1-26-22-11-5-7-13-24(22)27(25-14-8-6-12-23(25)26)21-17-15-20(16-18-21)19-9-3-2-4-10-19;1-22(2)18-11-7-8-12-20(18)23(3)21-14-13-17(15-19(21)22)16-9-5-4-6-10-16;1-20-16-11-5-7-13-18(16)21(15-9-3-2-4-10-15)19-14-8-6-12-17(19)20;1-16(2)12-8-4-6-10-14(12)17(3)15-11-7-5-9-13(15)16;2*1-14-10-6-2-4-8-12(10)15-13-9-5-3-7-11(13)14/h2-19H,1H3;2-18H,1H3;4-15H,1-3H3;2-14H,1H3;4-11H,1-3H3;2*2-9H,1H3. The van der Waals surface area contributed by atoms with E-state index in [1.807, 2.05) is 48.2 Å². The number of benzene rings is 20. The molecule has 0 atom stereocenters. The first-order valence-electron chi connectivity index (χ1n) is 49.8. The molecule has 20 aromatic carbocycles. The van der Waals surface area contributed by atoms with E-state index in [0.717, 1.165) is 22.9 Å². The fourth-order valence-electron chi connectivity index (χ4n) is 21.8. The Morgan fingerprint density at radius 1 is 0.172 bits per heavy atom. The zero-order valence-corrected chi connectivity index (χ0v) is 84.7. The molecule has 0 amide bonds. The number of fused-ring (bicyclic) bond motifs is 14. The summed E-state index contributed by atoms with van der Waals surface area (Å²) in [5.41, 5.74) is 40.2. The quantitative estimate of drug-likeness (QED) is 0.160. The van der Waals surface area contributed by atoms with Gasteiger partial charge in [0, 0.05) is 115 Å². The largest absolute Gasteiger partial charge is 0.453 e. The van der Waals surface area contributed by atoms with Gasteiger partial charge >= 0.3 is 0 Å². The molecule has 145 heavy (non-hydrogen) atoms.